The maximum absolute atomic E-state index is 14.0. The molecule has 1 aromatic heterocycles. The highest BCUT2D eigenvalue weighted by molar-refractivity contribution is 6.40. The molecule has 12 heteroatoms. The summed E-state index contributed by atoms with van der Waals surface area (Å²) < 4.78 is 61.1. The molecular weight excluding hydrogens is 493 g/mol. The average molecular weight is 523 g/mol. The van der Waals surface area contributed by atoms with E-state index < -0.39 is 17.6 Å². The number of fused-ring (bicyclic) bond motifs is 1. The summed E-state index contributed by atoms with van der Waals surface area (Å²) in [5.41, 5.74) is -0.970. The highest BCUT2D eigenvalue weighted by Gasteiger charge is 2.47. The quantitative estimate of drug-likeness (QED) is 0.482. The smallest absolute Gasteiger partial charge is 0.381 e. The lowest BCUT2D eigenvalue weighted by Crippen LogP contribution is -2.56. The highest BCUT2D eigenvalue weighted by Crippen LogP contribution is 2.44. The zero-order chi connectivity index (χ0) is 25.7. The topological polar surface area (TPSA) is 50.3 Å². The van der Waals surface area contributed by atoms with Crippen molar-refractivity contribution < 1.29 is 22.3 Å². The van der Waals surface area contributed by atoms with E-state index in [1.165, 1.54) is 6.07 Å². The van der Waals surface area contributed by atoms with Crippen LogP contribution in [0.4, 0.5) is 23.4 Å². The fourth-order valence-corrected chi connectivity index (χ4v) is 6.50. The molecule has 5 rings (SSSR count). The van der Waals surface area contributed by atoms with E-state index in [2.05, 4.69) is 36.1 Å². The van der Waals surface area contributed by atoms with E-state index in [-0.39, 0.29) is 33.5 Å². The van der Waals surface area contributed by atoms with Crippen molar-refractivity contribution in [3.8, 4) is 11.3 Å². The van der Waals surface area contributed by atoms with Gasteiger partial charge in [0.15, 0.2) is 5.82 Å². The van der Waals surface area contributed by atoms with Crippen molar-refractivity contribution in [3.63, 3.8) is 0 Å². The molecule has 1 aliphatic carbocycles. The van der Waals surface area contributed by atoms with Gasteiger partial charge in [-0.1, -0.05) is 11.6 Å². The molecule has 2 aliphatic heterocycles. The van der Waals surface area contributed by atoms with Gasteiger partial charge in [0.25, 0.3) is 0 Å². The molecule has 0 spiro atoms. The van der Waals surface area contributed by atoms with Crippen molar-refractivity contribution >= 4 is 33.1 Å². The van der Waals surface area contributed by atoms with Gasteiger partial charge in [-0.15, -0.1) is 10.2 Å². The molecule has 3 fully saturated rings. The Balaban J connectivity index is 1.29. The van der Waals surface area contributed by atoms with Gasteiger partial charge >= 0.3 is 6.18 Å². The number of hydrogen-bond donors (Lipinski definition) is 1. The predicted octanol–water partition coefficient (Wildman–Crippen LogP) is 3.42. The van der Waals surface area contributed by atoms with Crippen LogP contribution in [-0.2, 0) is 10.9 Å². The summed E-state index contributed by atoms with van der Waals surface area (Å²) in [5, 5.41) is 11.1. The Bertz CT molecular complexity index is 1100. The first kappa shape index (κ1) is 25.8. The number of nitrogens with zero attached hydrogens (tertiary/aromatic N) is 3. The first-order valence-corrected chi connectivity index (χ1v) is 12.9. The monoisotopic (exact) mass is 522 g/mol. The van der Waals surface area contributed by atoms with Crippen molar-refractivity contribution in [1.82, 2.24) is 15.1 Å². The van der Waals surface area contributed by atoms with Crippen molar-refractivity contribution in [3.05, 3.63) is 40.7 Å². The molecule has 1 saturated carbocycles. The maximum atomic E-state index is 14.0. The number of halogens is 5. The molecule has 36 heavy (non-hydrogen) atoms. The molecule has 1 aromatic carbocycles. The van der Waals surface area contributed by atoms with Gasteiger partial charge in [0.05, 0.1) is 10.7 Å². The summed E-state index contributed by atoms with van der Waals surface area (Å²) >= 11 is 6.08. The molecular formula is C24H29B2ClF4N4O. The Morgan fingerprint density at radius 3 is 2.33 bits per heavy atom. The van der Waals surface area contributed by atoms with E-state index in [9.17, 15) is 17.6 Å². The van der Waals surface area contributed by atoms with Gasteiger partial charge in [0.1, 0.15) is 27.1 Å². The second-order valence-electron chi connectivity index (χ2n) is 10.9. The molecule has 0 radical (unpaired) electrons. The molecule has 0 unspecified atom stereocenters. The number of nitrogens with one attached hydrogen (secondary N) is 1. The molecule has 0 amide bonds. The van der Waals surface area contributed by atoms with Crippen molar-refractivity contribution in [1.29, 1.82) is 0 Å². The molecule has 3 aliphatic rings. The van der Waals surface area contributed by atoms with Gasteiger partial charge in [-0.05, 0) is 73.0 Å². The molecule has 5 nitrogen and oxygen atoms in total. The van der Waals surface area contributed by atoms with Crippen molar-refractivity contribution in [2.75, 3.05) is 31.6 Å². The summed E-state index contributed by atoms with van der Waals surface area (Å²) in [7, 11) is 4.63. The van der Waals surface area contributed by atoms with Crippen LogP contribution in [0.15, 0.2) is 24.3 Å². The lowest BCUT2D eigenvalue weighted by Gasteiger charge is -2.45. The fourth-order valence-electron chi connectivity index (χ4n) is 6.28. The number of ether oxygens (including phenoxy) is 1. The normalized spacial score (nSPS) is 25.8. The van der Waals surface area contributed by atoms with E-state index in [4.69, 9.17) is 16.3 Å². The minimum absolute atomic E-state index is 0.0730. The number of benzene rings is 1. The van der Waals surface area contributed by atoms with Crippen molar-refractivity contribution in [2.24, 2.45) is 17.8 Å². The Kier molecular flexibility index (Phi) is 7.02. The molecule has 192 valence electrons. The molecule has 0 bridgehead atoms. The number of anilines is 1. The van der Waals surface area contributed by atoms with Gasteiger partial charge in [-0.2, -0.15) is 13.2 Å². The fraction of sp³-hybridized carbons (Fsp3) is 0.583. The minimum atomic E-state index is -4.65. The van der Waals surface area contributed by atoms with Crippen LogP contribution >= 0.6 is 11.6 Å². The van der Waals surface area contributed by atoms with E-state index in [0.717, 1.165) is 70.2 Å². The first-order chi connectivity index (χ1) is 17.0. The van der Waals surface area contributed by atoms with Crippen LogP contribution in [0.3, 0.4) is 0 Å². The van der Waals surface area contributed by atoms with E-state index in [1.54, 1.807) is 0 Å². The van der Waals surface area contributed by atoms with Crippen molar-refractivity contribution in [2.45, 2.75) is 43.2 Å². The highest BCUT2D eigenvalue weighted by atomic mass is 35.5. The van der Waals surface area contributed by atoms with Gasteiger partial charge in [0, 0.05) is 37.9 Å². The third kappa shape index (κ3) is 5.11. The lowest BCUT2D eigenvalue weighted by atomic mass is 9.52. The van der Waals surface area contributed by atoms with Crippen LogP contribution < -0.4 is 5.32 Å². The molecule has 3 atom stereocenters. The maximum Gasteiger partial charge on any atom is 0.420 e. The van der Waals surface area contributed by atoms with Gasteiger partial charge in [-0.3, -0.25) is 0 Å². The average Bonchev–Trinajstić information content (AvgIpc) is 3.40. The van der Waals surface area contributed by atoms with Crippen LogP contribution in [0.1, 0.15) is 31.2 Å². The molecule has 1 N–H and O–H groups in total. The third-order valence-electron chi connectivity index (χ3n) is 8.43. The summed E-state index contributed by atoms with van der Waals surface area (Å²) in [6.45, 7) is 3.55. The first-order valence-electron chi connectivity index (χ1n) is 12.5. The van der Waals surface area contributed by atoms with E-state index >= 15 is 0 Å². The number of rotatable bonds is 5. The van der Waals surface area contributed by atoms with Crippen LogP contribution in [0.2, 0.25) is 5.02 Å². The largest absolute Gasteiger partial charge is 0.420 e. The Labute approximate surface area is 215 Å². The second kappa shape index (κ2) is 9.80. The summed E-state index contributed by atoms with van der Waals surface area (Å²) in [4.78, 5) is 2.58. The SMILES string of the molecule is BC(B)(C1CCOCC1)N1C[C@H]2C[C@H](Nc3nnc(-c4cc(F)ccc4Cl)cc3C(F)(F)F)C[C@H]2C1. The van der Waals surface area contributed by atoms with Gasteiger partial charge in [-0.25, -0.2) is 4.39 Å². The van der Waals surface area contributed by atoms with Gasteiger partial charge < -0.3 is 15.0 Å². The Morgan fingerprint density at radius 1 is 1.03 bits per heavy atom. The Morgan fingerprint density at radius 2 is 1.69 bits per heavy atom. The second-order valence-corrected chi connectivity index (χ2v) is 11.3. The van der Waals surface area contributed by atoms with Crippen LogP contribution in [0.25, 0.3) is 11.3 Å². The molecule has 2 saturated heterocycles. The summed E-state index contributed by atoms with van der Waals surface area (Å²) in [5.74, 6) is 0.568. The summed E-state index contributed by atoms with van der Waals surface area (Å²) in [6.07, 6.45) is -0.924. The van der Waals surface area contributed by atoms with E-state index in [0.29, 0.717) is 17.8 Å². The third-order valence-corrected chi connectivity index (χ3v) is 8.76. The number of likely N-dealkylation sites (tertiary alicyclic amines) is 1. The Hall–Kier alpha value is -1.84. The van der Waals surface area contributed by atoms with Gasteiger partial charge in [0.2, 0.25) is 0 Å². The van der Waals surface area contributed by atoms with Crippen LogP contribution in [-0.4, -0.2) is 68.5 Å². The number of aromatic nitrogens is 2. The standard InChI is InChI=1S/C24H29B2ClF4N4O/c25-23(26,15-3-5-36-6-4-15)35-11-13-7-17(8-14(13)12-35)32-22-19(24(29,30)31)10-21(33-34-22)18-9-16(28)1-2-20(18)27/h1-2,9-10,13-15,17H,3-8,11-12,25-26H2,(H,32,34)/t13-,14+,17+. The lowest BCUT2D eigenvalue weighted by molar-refractivity contribution is -0.137. The van der Waals surface area contributed by atoms with Crippen LogP contribution in [0.5, 0.6) is 0 Å². The van der Waals surface area contributed by atoms with Crippen LogP contribution in [0, 0.1) is 23.6 Å². The number of hydrogen-bond acceptors (Lipinski definition) is 5. The van der Waals surface area contributed by atoms with E-state index in [1.807, 2.05) is 0 Å². The predicted molar refractivity (Wildman–Crippen MR) is 136 cm³/mol. The zero-order valence-corrected chi connectivity index (χ0v) is 21.2. The molecule has 3 heterocycles. The minimum Gasteiger partial charge on any atom is -0.381 e. The molecule has 2 aromatic rings. The zero-order valence-electron chi connectivity index (χ0n) is 20.4. The summed E-state index contributed by atoms with van der Waals surface area (Å²) in [6, 6.07) is 4.28. The number of alkyl halides is 3.